The number of nitrogens with one attached hydrogen (secondary N) is 1. The molecule has 6 nitrogen and oxygen atoms in total. The highest BCUT2D eigenvalue weighted by molar-refractivity contribution is 5.97. The highest BCUT2D eigenvalue weighted by Gasteiger charge is 2.21. The Labute approximate surface area is 93.2 Å². The van der Waals surface area contributed by atoms with Crippen LogP contribution in [0.25, 0.3) is 0 Å². The van der Waals surface area contributed by atoms with Crippen LogP contribution in [0.15, 0.2) is 24.3 Å². The molecule has 0 atom stereocenters. The zero-order chi connectivity index (χ0) is 12.3. The third kappa shape index (κ3) is 3.20. The van der Waals surface area contributed by atoms with E-state index >= 15 is 0 Å². The Morgan fingerprint density at radius 1 is 1.44 bits per heavy atom. The van der Waals surface area contributed by atoms with Crippen LogP contribution in [0.2, 0.25) is 0 Å². The summed E-state index contributed by atoms with van der Waals surface area (Å²) >= 11 is 0. The summed E-state index contributed by atoms with van der Waals surface area (Å²) in [6.45, 7) is 3.17. The number of nitrogens with two attached hydrogens (primary N) is 1. The smallest absolute Gasteiger partial charge is 0.243 e. The van der Waals surface area contributed by atoms with Gasteiger partial charge in [0.2, 0.25) is 5.91 Å². The van der Waals surface area contributed by atoms with Crippen LogP contribution < -0.4 is 16.3 Å². The fourth-order valence-corrected chi connectivity index (χ4v) is 0.964. The van der Waals surface area contributed by atoms with Crippen LogP contribution in [-0.2, 0) is 4.79 Å². The Balaban J connectivity index is 2.73. The van der Waals surface area contributed by atoms with Crippen LogP contribution in [0.5, 0.6) is 0 Å². The molecule has 16 heavy (non-hydrogen) atoms. The topological polar surface area (TPSA) is 102 Å². The van der Waals surface area contributed by atoms with Gasteiger partial charge in [-0.1, -0.05) is 0 Å². The van der Waals surface area contributed by atoms with Crippen molar-refractivity contribution in [3.63, 3.8) is 0 Å². The molecular weight excluding hydrogens is 210 g/mol. The fourth-order valence-electron chi connectivity index (χ4n) is 0.964. The number of amides is 1. The van der Waals surface area contributed by atoms with Gasteiger partial charge < -0.3 is 21.5 Å². The van der Waals surface area contributed by atoms with Crippen LogP contribution in [0.1, 0.15) is 13.8 Å². The Kier molecular flexibility index (Phi) is 3.48. The number of nitrogens with zero attached hydrogens (tertiary/aromatic N) is 1. The largest absolute Gasteiger partial charge is 0.733 e. The average molecular weight is 224 g/mol. The van der Waals surface area contributed by atoms with Crippen molar-refractivity contribution in [3.8, 4) is 0 Å². The molecular formula is C10H14N3O3-. The SMILES string of the molecule is CC(C)(N)C(=O)Nc1ccc(N([O-])O)cc1. The Bertz CT molecular complexity index is 368. The Morgan fingerprint density at radius 2 is 1.94 bits per heavy atom. The molecule has 1 aromatic rings. The number of benzene rings is 1. The maximum atomic E-state index is 11.5. The summed E-state index contributed by atoms with van der Waals surface area (Å²) in [6, 6.07) is 5.76. The number of rotatable bonds is 3. The number of anilines is 2. The zero-order valence-corrected chi connectivity index (χ0v) is 9.10. The molecule has 0 aliphatic rings. The molecule has 1 amide bonds. The summed E-state index contributed by atoms with van der Waals surface area (Å²) < 4.78 is 0. The minimum Gasteiger partial charge on any atom is -0.733 e. The first-order valence-electron chi connectivity index (χ1n) is 4.67. The molecule has 1 rings (SSSR count). The van der Waals surface area contributed by atoms with E-state index in [1.54, 1.807) is 13.8 Å². The Morgan fingerprint density at radius 3 is 2.31 bits per heavy atom. The molecule has 0 fully saturated rings. The average Bonchev–Trinajstić information content (AvgIpc) is 2.17. The van der Waals surface area contributed by atoms with Crippen molar-refractivity contribution in [2.24, 2.45) is 5.73 Å². The minimum atomic E-state index is -0.972. The fraction of sp³-hybridized carbons (Fsp3) is 0.300. The van der Waals surface area contributed by atoms with Gasteiger partial charge in [-0.15, -0.1) is 0 Å². The molecule has 0 saturated carbocycles. The van der Waals surface area contributed by atoms with Crippen LogP contribution in [-0.4, -0.2) is 16.7 Å². The summed E-state index contributed by atoms with van der Waals surface area (Å²) in [4.78, 5) is 11.5. The second-order valence-electron chi connectivity index (χ2n) is 4.00. The lowest BCUT2D eigenvalue weighted by atomic mass is 10.1. The predicted molar refractivity (Wildman–Crippen MR) is 61.0 cm³/mol. The van der Waals surface area contributed by atoms with Crippen molar-refractivity contribution in [3.05, 3.63) is 29.5 Å². The molecule has 0 radical (unpaired) electrons. The molecule has 0 aliphatic carbocycles. The highest BCUT2D eigenvalue weighted by Crippen LogP contribution is 2.16. The van der Waals surface area contributed by atoms with Gasteiger partial charge in [-0.3, -0.25) is 10.0 Å². The molecule has 0 heterocycles. The lowest BCUT2D eigenvalue weighted by molar-refractivity contribution is -0.120. The van der Waals surface area contributed by atoms with Crippen molar-refractivity contribution in [1.82, 2.24) is 0 Å². The van der Waals surface area contributed by atoms with E-state index in [0.717, 1.165) is 0 Å². The molecule has 0 aliphatic heterocycles. The molecule has 6 heteroatoms. The first-order chi connectivity index (χ1) is 7.30. The summed E-state index contributed by atoms with van der Waals surface area (Å²) in [7, 11) is 0. The van der Waals surface area contributed by atoms with Crippen molar-refractivity contribution in [1.29, 1.82) is 0 Å². The summed E-state index contributed by atoms with van der Waals surface area (Å²) in [5, 5.41) is 21.4. The van der Waals surface area contributed by atoms with E-state index in [2.05, 4.69) is 5.32 Å². The first-order valence-corrected chi connectivity index (χ1v) is 4.67. The number of carbonyl (C=O) groups is 1. The second-order valence-corrected chi connectivity index (χ2v) is 4.00. The van der Waals surface area contributed by atoms with E-state index in [0.29, 0.717) is 5.69 Å². The predicted octanol–water partition coefficient (Wildman–Crippen LogP) is 1.06. The lowest BCUT2D eigenvalue weighted by Crippen LogP contribution is -2.45. The minimum absolute atomic E-state index is 0.0880. The van der Waals surface area contributed by atoms with Gasteiger partial charge >= 0.3 is 0 Å². The van der Waals surface area contributed by atoms with E-state index < -0.39 is 5.54 Å². The molecule has 0 unspecified atom stereocenters. The molecule has 88 valence electrons. The van der Waals surface area contributed by atoms with Crippen LogP contribution in [0.4, 0.5) is 11.4 Å². The van der Waals surface area contributed by atoms with Gasteiger partial charge in [0.25, 0.3) is 0 Å². The van der Waals surface area contributed by atoms with E-state index in [4.69, 9.17) is 10.9 Å². The van der Waals surface area contributed by atoms with Crippen LogP contribution >= 0.6 is 0 Å². The number of hydrogen-bond donors (Lipinski definition) is 3. The van der Waals surface area contributed by atoms with Gasteiger partial charge in [0.05, 0.1) is 11.2 Å². The maximum Gasteiger partial charge on any atom is 0.243 e. The van der Waals surface area contributed by atoms with Crippen LogP contribution in [0, 0.1) is 5.21 Å². The molecule has 4 N–H and O–H groups in total. The number of hydrogen-bond acceptors (Lipinski definition) is 5. The van der Waals surface area contributed by atoms with Gasteiger partial charge in [0, 0.05) is 5.69 Å². The quantitative estimate of drug-likeness (QED) is 0.666. The first kappa shape index (κ1) is 12.4. The standard InChI is InChI=1S/C10H14N3O3/c1-10(2,11)9(14)12-7-3-5-8(6-4-7)13(15)16/h3-6,15H,11H2,1-2H3,(H,12,14)/q-1. The molecule has 0 aromatic heterocycles. The third-order valence-electron chi connectivity index (χ3n) is 1.93. The van der Waals surface area contributed by atoms with Crippen LogP contribution in [0.3, 0.4) is 0 Å². The second kappa shape index (κ2) is 4.48. The summed E-state index contributed by atoms with van der Waals surface area (Å²) in [5.74, 6) is -0.330. The van der Waals surface area contributed by atoms with Gasteiger partial charge in [0.15, 0.2) is 0 Å². The normalized spacial score (nSPS) is 11.1. The molecule has 1 aromatic carbocycles. The van der Waals surface area contributed by atoms with Gasteiger partial charge in [-0.25, -0.2) is 0 Å². The van der Waals surface area contributed by atoms with E-state index in [1.165, 1.54) is 24.3 Å². The number of carbonyl (C=O) groups excluding carboxylic acids is 1. The molecule has 0 spiro atoms. The summed E-state index contributed by atoms with van der Waals surface area (Å²) in [5.41, 5.74) is 5.22. The van der Waals surface area contributed by atoms with Crippen molar-refractivity contribution >= 4 is 17.3 Å². The Hall–Kier alpha value is -1.63. The summed E-state index contributed by atoms with van der Waals surface area (Å²) in [6.07, 6.45) is 0. The van der Waals surface area contributed by atoms with E-state index in [-0.39, 0.29) is 16.8 Å². The van der Waals surface area contributed by atoms with Crippen molar-refractivity contribution in [2.75, 3.05) is 10.5 Å². The van der Waals surface area contributed by atoms with E-state index in [1.807, 2.05) is 0 Å². The van der Waals surface area contributed by atoms with Crippen molar-refractivity contribution < 1.29 is 10.0 Å². The third-order valence-corrected chi connectivity index (χ3v) is 1.93. The lowest BCUT2D eigenvalue weighted by Gasteiger charge is -2.22. The zero-order valence-electron chi connectivity index (χ0n) is 9.10. The van der Waals surface area contributed by atoms with Gasteiger partial charge in [0.1, 0.15) is 0 Å². The highest BCUT2D eigenvalue weighted by atomic mass is 16.8. The molecule has 0 saturated heterocycles. The van der Waals surface area contributed by atoms with E-state index in [9.17, 15) is 10.0 Å². The maximum absolute atomic E-state index is 11.5. The van der Waals surface area contributed by atoms with Gasteiger partial charge in [-0.2, -0.15) is 0 Å². The van der Waals surface area contributed by atoms with Crippen molar-refractivity contribution in [2.45, 2.75) is 19.4 Å². The van der Waals surface area contributed by atoms with Gasteiger partial charge in [-0.05, 0) is 38.1 Å². The monoisotopic (exact) mass is 224 g/mol. The molecule has 0 bridgehead atoms.